The first-order valence-corrected chi connectivity index (χ1v) is 6.77. The Morgan fingerprint density at radius 2 is 2.20 bits per heavy atom. The van der Waals surface area contributed by atoms with Gasteiger partial charge in [0, 0.05) is 6.20 Å². The molecule has 1 aromatic carbocycles. The van der Waals surface area contributed by atoms with Crippen molar-refractivity contribution in [2.45, 2.75) is 6.92 Å². The molecular formula is C14H11N3O2S. The van der Waals surface area contributed by atoms with Crippen LogP contribution in [0.4, 0.5) is 10.9 Å². The monoisotopic (exact) mass is 285 g/mol. The number of anilines is 2. The number of aromatic nitrogens is 2. The van der Waals surface area contributed by atoms with Crippen LogP contribution in [0, 0.1) is 6.92 Å². The largest absolute Gasteiger partial charge is 0.478 e. The molecule has 0 amide bonds. The highest BCUT2D eigenvalue weighted by atomic mass is 32.1. The third-order valence-corrected chi connectivity index (χ3v) is 3.74. The average molecular weight is 285 g/mol. The van der Waals surface area contributed by atoms with E-state index in [4.69, 9.17) is 5.11 Å². The molecule has 3 aromatic rings. The molecule has 3 rings (SSSR count). The second kappa shape index (κ2) is 4.90. The number of pyridine rings is 1. The fourth-order valence-corrected chi connectivity index (χ4v) is 2.83. The van der Waals surface area contributed by atoms with Crippen LogP contribution in [0.15, 0.2) is 36.5 Å². The summed E-state index contributed by atoms with van der Waals surface area (Å²) in [7, 11) is 0. The number of fused-ring (bicyclic) bond motifs is 1. The van der Waals surface area contributed by atoms with Gasteiger partial charge in [-0.15, -0.1) is 0 Å². The normalized spacial score (nSPS) is 10.7. The number of aryl methyl sites for hydroxylation is 1. The lowest BCUT2D eigenvalue weighted by Gasteiger charge is -2.04. The summed E-state index contributed by atoms with van der Waals surface area (Å²) < 4.78 is 1.06. The first kappa shape index (κ1) is 12.6. The lowest BCUT2D eigenvalue weighted by Crippen LogP contribution is -2.04. The van der Waals surface area contributed by atoms with Gasteiger partial charge in [0.25, 0.3) is 0 Å². The van der Waals surface area contributed by atoms with E-state index < -0.39 is 5.97 Å². The lowest BCUT2D eigenvalue weighted by atomic mass is 10.2. The van der Waals surface area contributed by atoms with Crippen molar-refractivity contribution in [2.75, 3.05) is 5.32 Å². The highest BCUT2D eigenvalue weighted by Gasteiger charge is 2.12. The summed E-state index contributed by atoms with van der Waals surface area (Å²) in [6.07, 6.45) is 1.55. The van der Waals surface area contributed by atoms with Crippen molar-refractivity contribution in [1.82, 2.24) is 9.97 Å². The number of aromatic carboxylic acids is 1. The number of carbonyl (C=O) groups is 1. The number of hydrogen-bond donors (Lipinski definition) is 2. The van der Waals surface area contributed by atoms with E-state index in [9.17, 15) is 4.79 Å². The van der Waals surface area contributed by atoms with Crippen molar-refractivity contribution < 1.29 is 9.90 Å². The van der Waals surface area contributed by atoms with Gasteiger partial charge in [-0.3, -0.25) is 0 Å². The minimum Gasteiger partial charge on any atom is -0.478 e. The molecule has 20 heavy (non-hydrogen) atoms. The van der Waals surface area contributed by atoms with Gasteiger partial charge < -0.3 is 10.4 Å². The van der Waals surface area contributed by atoms with Crippen LogP contribution in [-0.4, -0.2) is 21.0 Å². The molecule has 0 unspecified atom stereocenters. The van der Waals surface area contributed by atoms with Gasteiger partial charge in [-0.25, -0.2) is 14.8 Å². The molecule has 5 nitrogen and oxygen atoms in total. The van der Waals surface area contributed by atoms with Crippen LogP contribution in [0.5, 0.6) is 0 Å². The molecular weight excluding hydrogens is 274 g/mol. The highest BCUT2D eigenvalue weighted by molar-refractivity contribution is 7.22. The van der Waals surface area contributed by atoms with Crippen molar-refractivity contribution in [2.24, 2.45) is 0 Å². The van der Waals surface area contributed by atoms with Gasteiger partial charge in [0.1, 0.15) is 11.4 Å². The number of thiazole rings is 1. The number of benzene rings is 1. The Labute approximate surface area is 118 Å². The molecule has 0 radical (unpaired) electrons. The molecule has 0 saturated carbocycles. The predicted octanol–water partition coefficient (Wildman–Crippen LogP) is 3.44. The Bertz CT molecular complexity index is 798. The van der Waals surface area contributed by atoms with Crippen molar-refractivity contribution in [3.8, 4) is 0 Å². The Morgan fingerprint density at radius 3 is 3.00 bits per heavy atom. The Morgan fingerprint density at radius 1 is 1.35 bits per heavy atom. The van der Waals surface area contributed by atoms with E-state index in [2.05, 4.69) is 21.4 Å². The van der Waals surface area contributed by atoms with Gasteiger partial charge in [0.15, 0.2) is 5.13 Å². The number of nitrogens with one attached hydrogen (secondary N) is 1. The zero-order valence-electron chi connectivity index (χ0n) is 10.6. The van der Waals surface area contributed by atoms with Crippen molar-refractivity contribution in [3.05, 3.63) is 47.7 Å². The molecule has 2 heterocycles. The second-order valence-electron chi connectivity index (χ2n) is 4.32. The Kier molecular flexibility index (Phi) is 3.08. The van der Waals surface area contributed by atoms with Crippen molar-refractivity contribution in [1.29, 1.82) is 0 Å². The van der Waals surface area contributed by atoms with Gasteiger partial charge in [0.2, 0.25) is 0 Å². The van der Waals surface area contributed by atoms with Crippen molar-refractivity contribution >= 4 is 38.5 Å². The number of hydrogen-bond acceptors (Lipinski definition) is 5. The Hall–Kier alpha value is -2.47. The van der Waals surface area contributed by atoms with Gasteiger partial charge in [-0.2, -0.15) is 0 Å². The topological polar surface area (TPSA) is 75.1 Å². The van der Waals surface area contributed by atoms with Crippen LogP contribution in [0.1, 0.15) is 15.9 Å². The Balaban J connectivity index is 1.99. The summed E-state index contributed by atoms with van der Waals surface area (Å²) in [5.74, 6) is -0.715. The van der Waals surface area contributed by atoms with Crippen LogP contribution >= 0.6 is 11.3 Å². The summed E-state index contributed by atoms with van der Waals surface area (Å²) in [6, 6.07) is 9.10. The number of carboxylic acids is 1. The number of nitrogens with zero attached hydrogens (tertiary/aromatic N) is 2. The smallest absolute Gasteiger partial charge is 0.339 e. The molecule has 0 aliphatic rings. The second-order valence-corrected chi connectivity index (χ2v) is 5.35. The average Bonchev–Trinajstić information content (AvgIpc) is 2.80. The molecule has 0 saturated heterocycles. The lowest BCUT2D eigenvalue weighted by molar-refractivity contribution is 0.0697. The van der Waals surface area contributed by atoms with E-state index in [-0.39, 0.29) is 5.56 Å². The molecule has 0 bridgehead atoms. The zero-order chi connectivity index (χ0) is 14.1. The maximum absolute atomic E-state index is 11.1. The van der Waals surface area contributed by atoms with Gasteiger partial charge >= 0.3 is 5.97 Å². The first-order valence-electron chi connectivity index (χ1n) is 5.96. The molecule has 100 valence electrons. The summed E-state index contributed by atoms with van der Waals surface area (Å²) in [6.45, 7) is 2.02. The maximum Gasteiger partial charge on any atom is 0.339 e. The minimum absolute atomic E-state index is 0.128. The van der Waals surface area contributed by atoms with Gasteiger partial charge in [-0.1, -0.05) is 17.4 Å². The quantitative estimate of drug-likeness (QED) is 0.771. The molecule has 2 aromatic heterocycles. The van der Waals surface area contributed by atoms with E-state index in [1.807, 2.05) is 19.1 Å². The number of carboxylic acid groups (broad SMARTS) is 1. The molecule has 0 aliphatic carbocycles. The van der Waals surface area contributed by atoms with Crippen LogP contribution in [0.2, 0.25) is 0 Å². The third kappa shape index (κ3) is 2.33. The molecule has 0 fully saturated rings. The predicted molar refractivity (Wildman–Crippen MR) is 78.8 cm³/mol. The molecule has 0 spiro atoms. The van der Waals surface area contributed by atoms with Crippen LogP contribution in [0.25, 0.3) is 10.2 Å². The summed E-state index contributed by atoms with van der Waals surface area (Å²) in [5.41, 5.74) is 2.18. The highest BCUT2D eigenvalue weighted by Crippen LogP contribution is 2.29. The van der Waals surface area contributed by atoms with Gasteiger partial charge in [0.05, 0.1) is 10.2 Å². The summed E-state index contributed by atoms with van der Waals surface area (Å²) in [4.78, 5) is 19.6. The third-order valence-electron chi connectivity index (χ3n) is 2.81. The van der Waals surface area contributed by atoms with Crippen LogP contribution in [-0.2, 0) is 0 Å². The van der Waals surface area contributed by atoms with E-state index in [0.717, 1.165) is 15.8 Å². The van der Waals surface area contributed by atoms with Crippen LogP contribution in [0.3, 0.4) is 0 Å². The standard InChI is InChI=1S/C14H11N3O2S/c1-8-4-5-10-11(7-8)20-14(16-10)17-12-9(13(18)19)3-2-6-15-12/h2-7H,1H3,(H,18,19)(H,15,16,17). The maximum atomic E-state index is 11.1. The van der Waals surface area contributed by atoms with Crippen LogP contribution < -0.4 is 5.32 Å². The summed E-state index contributed by atoms with van der Waals surface area (Å²) in [5, 5.41) is 12.7. The fraction of sp³-hybridized carbons (Fsp3) is 0.0714. The van der Waals surface area contributed by atoms with Crippen molar-refractivity contribution in [3.63, 3.8) is 0 Å². The van der Waals surface area contributed by atoms with E-state index in [1.54, 1.807) is 12.3 Å². The first-order chi connectivity index (χ1) is 9.63. The minimum atomic E-state index is -1.02. The van der Waals surface area contributed by atoms with E-state index in [0.29, 0.717) is 10.9 Å². The van der Waals surface area contributed by atoms with Gasteiger partial charge in [-0.05, 0) is 36.8 Å². The summed E-state index contributed by atoms with van der Waals surface area (Å²) >= 11 is 1.47. The fourth-order valence-electron chi connectivity index (χ4n) is 1.86. The van der Waals surface area contributed by atoms with E-state index in [1.165, 1.54) is 17.4 Å². The molecule has 6 heteroatoms. The molecule has 0 aliphatic heterocycles. The van der Waals surface area contributed by atoms with E-state index >= 15 is 0 Å². The zero-order valence-corrected chi connectivity index (χ0v) is 11.4. The SMILES string of the molecule is Cc1ccc2nc(Nc3ncccc3C(=O)O)sc2c1. The molecule has 0 atom stereocenters. The molecule has 2 N–H and O–H groups in total. The number of rotatable bonds is 3.